The Kier molecular flexibility index (Phi) is 4.48. The number of benzene rings is 1. The second-order valence-corrected chi connectivity index (χ2v) is 5.32. The van der Waals surface area contributed by atoms with E-state index in [4.69, 9.17) is 9.47 Å². The Morgan fingerprint density at radius 1 is 1.50 bits per heavy atom. The second kappa shape index (κ2) is 6.72. The zero-order valence-electron chi connectivity index (χ0n) is 13.3. The van der Waals surface area contributed by atoms with E-state index in [2.05, 4.69) is 11.6 Å². The quantitative estimate of drug-likeness (QED) is 0.870. The van der Waals surface area contributed by atoms with E-state index in [9.17, 15) is 9.90 Å². The maximum atomic E-state index is 12.0. The minimum atomic E-state index is -0.468. The molecule has 24 heavy (non-hydrogen) atoms. The Morgan fingerprint density at radius 2 is 2.33 bits per heavy atom. The minimum Gasteiger partial charge on any atom is -0.488 e. The molecule has 1 aliphatic heterocycles. The van der Waals surface area contributed by atoms with Gasteiger partial charge in [0.2, 0.25) is 0 Å². The fourth-order valence-electron chi connectivity index (χ4n) is 2.69. The first kappa shape index (κ1) is 16.0. The van der Waals surface area contributed by atoms with Crippen LogP contribution in [0.25, 0.3) is 6.08 Å². The highest BCUT2D eigenvalue weighted by Gasteiger charge is 2.32. The fraction of sp³-hybridized carbons (Fsp3) is 0.222. The molecule has 1 N–H and O–H groups in total. The zero-order chi connectivity index (χ0) is 17.1. The minimum absolute atomic E-state index is 0.104. The van der Waals surface area contributed by atoms with Crippen LogP contribution in [0, 0.1) is 0 Å². The summed E-state index contributed by atoms with van der Waals surface area (Å²) in [5, 5.41) is 9.72. The first-order valence-electron chi connectivity index (χ1n) is 7.52. The predicted molar refractivity (Wildman–Crippen MR) is 90.6 cm³/mol. The van der Waals surface area contributed by atoms with Gasteiger partial charge in [-0.25, -0.2) is 9.78 Å². The third kappa shape index (κ3) is 2.72. The Morgan fingerprint density at radius 3 is 2.96 bits per heavy atom. The number of carbonyl (C=O) groups is 1. The van der Waals surface area contributed by atoms with Gasteiger partial charge in [0, 0.05) is 6.20 Å². The van der Waals surface area contributed by atoms with E-state index in [-0.39, 0.29) is 19.3 Å². The maximum Gasteiger partial charge on any atom is 0.341 e. The zero-order valence-corrected chi connectivity index (χ0v) is 13.3. The van der Waals surface area contributed by atoms with E-state index in [1.807, 2.05) is 23.1 Å². The Labute approximate surface area is 140 Å². The molecular weight excluding hydrogens is 308 g/mol. The number of anilines is 2. The van der Waals surface area contributed by atoms with Crippen LogP contribution in [0.5, 0.6) is 5.75 Å². The maximum absolute atomic E-state index is 12.0. The van der Waals surface area contributed by atoms with Gasteiger partial charge >= 0.3 is 5.97 Å². The molecule has 1 aromatic heterocycles. The molecular formula is C18H18N2O4. The summed E-state index contributed by atoms with van der Waals surface area (Å²) >= 11 is 0. The molecule has 0 spiro atoms. The van der Waals surface area contributed by atoms with Crippen molar-refractivity contribution in [2.24, 2.45) is 0 Å². The lowest BCUT2D eigenvalue weighted by atomic mass is 10.1. The van der Waals surface area contributed by atoms with Crippen molar-refractivity contribution >= 4 is 23.6 Å². The molecule has 0 bridgehead atoms. The van der Waals surface area contributed by atoms with Gasteiger partial charge in [-0.3, -0.25) is 0 Å². The fourth-order valence-corrected chi connectivity index (χ4v) is 2.69. The standard InChI is InChI=1S/C18H18N2O4/c1-3-12-7-8-16(19-9-12)20-13(10-21)11-24-17-14(18(22)23-2)5-4-6-15(17)20/h3-9,13,21H,1,10-11H2,2H3/t13-/m0/s1. The molecule has 2 heterocycles. The molecule has 0 saturated heterocycles. The number of aromatic nitrogens is 1. The van der Waals surface area contributed by atoms with Crippen LogP contribution in [0.3, 0.4) is 0 Å². The molecule has 0 unspecified atom stereocenters. The summed E-state index contributed by atoms with van der Waals surface area (Å²) in [7, 11) is 1.33. The van der Waals surface area contributed by atoms with E-state index in [0.29, 0.717) is 22.8 Å². The van der Waals surface area contributed by atoms with Crippen molar-refractivity contribution in [1.82, 2.24) is 4.98 Å². The average molecular weight is 326 g/mol. The van der Waals surface area contributed by atoms with Crippen LogP contribution in [-0.2, 0) is 4.74 Å². The monoisotopic (exact) mass is 326 g/mol. The number of hydrogen-bond donors (Lipinski definition) is 1. The molecule has 1 aliphatic rings. The van der Waals surface area contributed by atoms with Crippen LogP contribution >= 0.6 is 0 Å². The number of rotatable bonds is 4. The molecule has 0 amide bonds. The molecule has 0 fully saturated rings. The number of fused-ring (bicyclic) bond motifs is 1. The Bertz CT molecular complexity index is 758. The summed E-state index contributed by atoms with van der Waals surface area (Å²) in [5.41, 5.74) is 1.91. The molecule has 124 valence electrons. The predicted octanol–water partition coefficient (Wildman–Crippen LogP) is 2.40. The van der Waals surface area contributed by atoms with E-state index >= 15 is 0 Å². The summed E-state index contributed by atoms with van der Waals surface area (Å²) in [6, 6.07) is 8.66. The van der Waals surface area contributed by atoms with Gasteiger partial charge in [0.25, 0.3) is 0 Å². The first-order chi connectivity index (χ1) is 11.7. The largest absolute Gasteiger partial charge is 0.488 e. The number of pyridine rings is 1. The number of para-hydroxylation sites is 1. The molecule has 1 aromatic carbocycles. The van der Waals surface area contributed by atoms with Crippen LogP contribution in [0.2, 0.25) is 0 Å². The Balaban J connectivity index is 2.11. The normalized spacial score (nSPS) is 16.1. The van der Waals surface area contributed by atoms with Gasteiger partial charge in [-0.2, -0.15) is 0 Å². The van der Waals surface area contributed by atoms with Gasteiger partial charge in [0.1, 0.15) is 18.0 Å². The molecule has 0 aliphatic carbocycles. The number of hydrogen-bond acceptors (Lipinski definition) is 6. The molecule has 2 aromatic rings. The molecule has 6 nitrogen and oxygen atoms in total. The molecule has 6 heteroatoms. The summed E-state index contributed by atoms with van der Waals surface area (Å²) in [4.78, 5) is 18.3. The second-order valence-electron chi connectivity index (χ2n) is 5.32. The van der Waals surface area contributed by atoms with E-state index in [1.54, 1.807) is 24.4 Å². The van der Waals surface area contributed by atoms with Gasteiger partial charge in [0.15, 0.2) is 5.75 Å². The smallest absolute Gasteiger partial charge is 0.341 e. The van der Waals surface area contributed by atoms with Gasteiger partial charge in [0.05, 0.1) is 25.4 Å². The van der Waals surface area contributed by atoms with Gasteiger partial charge in [-0.15, -0.1) is 0 Å². The summed E-state index contributed by atoms with van der Waals surface area (Å²) in [5.74, 6) is 0.624. The summed E-state index contributed by atoms with van der Waals surface area (Å²) in [6.07, 6.45) is 3.42. The van der Waals surface area contributed by atoms with E-state index < -0.39 is 5.97 Å². The van der Waals surface area contributed by atoms with Crippen molar-refractivity contribution in [3.8, 4) is 5.75 Å². The molecule has 0 radical (unpaired) electrons. The lowest BCUT2D eigenvalue weighted by Gasteiger charge is -2.37. The van der Waals surface area contributed by atoms with E-state index in [0.717, 1.165) is 5.56 Å². The Hall–Kier alpha value is -2.86. The average Bonchev–Trinajstić information content (AvgIpc) is 2.66. The number of methoxy groups -OCH3 is 1. The number of aliphatic hydroxyl groups excluding tert-OH is 1. The van der Waals surface area contributed by atoms with Crippen molar-refractivity contribution < 1.29 is 19.4 Å². The number of aliphatic hydroxyl groups is 1. The SMILES string of the molecule is C=Cc1ccc(N2c3cccc(C(=O)OC)c3OC[C@@H]2CO)nc1. The number of nitrogens with zero attached hydrogens (tertiary/aromatic N) is 2. The third-order valence-electron chi connectivity index (χ3n) is 3.91. The number of esters is 1. The lowest BCUT2D eigenvalue weighted by Crippen LogP contribution is -2.43. The molecule has 3 rings (SSSR count). The number of carbonyl (C=O) groups excluding carboxylic acids is 1. The third-order valence-corrected chi connectivity index (χ3v) is 3.91. The van der Waals surface area contributed by atoms with Crippen LogP contribution < -0.4 is 9.64 Å². The van der Waals surface area contributed by atoms with Crippen molar-refractivity contribution in [2.45, 2.75) is 6.04 Å². The van der Waals surface area contributed by atoms with Gasteiger partial charge in [-0.05, 0) is 29.8 Å². The van der Waals surface area contributed by atoms with Crippen LogP contribution in [0.1, 0.15) is 15.9 Å². The van der Waals surface area contributed by atoms with Gasteiger partial charge in [-0.1, -0.05) is 18.7 Å². The lowest BCUT2D eigenvalue weighted by molar-refractivity contribution is 0.0594. The summed E-state index contributed by atoms with van der Waals surface area (Å²) < 4.78 is 10.5. The highest BCUT2D eigenvalue weighted by Crippen LogP contribution is 2.40. The molecule has 1 atom stereocenters. The van der Waals surface area contributed by atoms with Crippen LogP contribution in [0.4, 0.5) is 11.5 Å². The highest BCUT2D eigenvalue weighted by atomic mass is 16.5. The van der Waals surface area contributed by atoms with E-state index in [1.165, 1.54) is 7.11 Å². The number of ether oxygens (including phenoxy) is 2. The van der Waals surface area contributed by atoms with Crippen molar-refractivity contribution in [3.05, 3.63) is 54.2 Å². The van der Waals surface area contributed by atoms with Crippen molar-refractivity contribution in [2.75, 3.05) is 25.2 Å². The van der Waals surface area contributed by atoms with Crippen molar-refractivity contribution in [1.29, 1.82) is 0 Å². The summed E-state index contributed by atoms with van der Waals surface area (Å²) in [6.45, 7) is 3.85. The molecule has 0 saturated carbocycles. The van der Waals surface area contributed by atoms with Crippen molar-refractivity contribution in [3.63, 3.8) is 0 Å². The van der Waals surface area contributed by atoms with Crippen LogP contribution in [0.15, 0.2) is 43.1 Å². The van der Waals surface area contributed by atoms with Gasteiger partial charge < -0.3 is 19.5 Å². The topological polar surface area (TPSA) is 71.9 Å². The highest BCUT2D eigenvalue weighted by molar-refractivity contribution is 5.95. The van der Waals surface area contributed by atoms with Crippen LogP contribution in [-0.4, -0.2) is 42.4 Å². The first-order valence-corrected chi connectivity index (χ1v) is 7.52.